The van der Waals surface area contributed by atoms with E-state index in [4.69, 9.17) is 0 Å². The summed E-state index contributed by atoms with van der Waals surface area (Å²) in [5.41, 5.74) is 2.59. The van der Waals surface area contributed by atoms with Crippen LogP contribution in [0.4, 0.5) is 5.69 Å². The Balaban J connectivity index is 1.82. The van der Waals surface area contributed by atoms with Crippen molar-refractivity contribution in [2.75, 3.05) is 5.32 Å². The van der Waals surface area contributed by atoms with Gasteiger partial charge in [-0.25, -0.2) is 4.79 Å². The van der Waals surface area contributed by atoms with Crippen molar-refractivity contribution in [3.05, 3.63) is 27.1 Å². The normalized spacial score (nSPS) is 23.7. The van der Waals surface area contributed by atoms with Crippen molar-refractivity contribution in [3.63, 3.8) is 0 Å². The molecule has 0 radical (unpaired) electrons. The van der Waals surface area contributed by atoms with Gasteiger partial charge >= 0.3 is 5.69 Å². The Morgan fingerprint density at radius 3 is 2.70 bits per heavy atom. The highest BCUT2D eigenvalue weighted by Crippen LogP contribution is 2.30. The minimum Gasteiger partial charge on any atom is -0.381 e. The van der Waals surface area contributed by atoms with Crippen LogP contribution >= 0.6 is 15.9 Å². The molecule has 2 aromatic rings. The summed E-state index contributed by atoms with van der Waals surface area (Å²) in [6, 6.07) is 4.49. The van der Waals surface area contributed by atoms with E-state index in [1.165, 1.54) is 32.1 Å². The Labute approximate surface area is 126 Å². The fourth-order valence-corrected chi connectivity index (χ4v) is 3.48. The van der Waals surface area contributed by atoms with Crippen molar-refractivity contribution in [2.45, 2.75) is 45.1 Å². The molecule has 20 heavy (non-hydrogen) atoms. The minimum atomic E-state index is -0.160. The maximum Gasteiger partial charge on any atom is 0.323 e. The number of fused-ring (bicyclic) bond motifs is 1. The maximum atomic E-state index is 11.3. The molecule has 0 aliphatic heterocycles. The van der Waals surface area contributed by atoms with Crippen molar-refractivity contribution in [1.82, 2.24) is 9.97 Å². The molecule has 1 saturated carbocycles. The van der Waals surface area contributed by atoms with Crippen molar-refractivity contribution < 1.29 is 0 Å². The third-order valence-electron chi connectivity index (χ3n) is 4.22. The molecule has 1 aliphatic carbocycles. The minimum absolute atomic E-state index is 0.160. The molecule has 1 fully saturated rings. The monoisotopic (exact) mass is 337 g/mol. The molecule has 3 rings (SSSR count). The second-order valence-electron chi connectivity index (χ2n) is 5.91. The fraction of sp³-hybridized carbons (Fsp3) is 0.533. The number of H-pyrrole nitrogens is 2. The highest BCUT2D eigenvalue weighted by atomic mass is 79.9. The first-order chi connectivity index (χ1) is 9.61. The van der Waals surface area contributed by atoms with Crippen molar-refractivity contribution in [1.29, 1.82) is 0 Å². The first kappa shape index (κ1) is 13.7. The van der Waals surface area contributed by atoms with Crippen LogP contribution in [-0.2, 0) is 0 Å². The maximum absolute atomic E-state index is 11.3. The molecule has 0 amide bonds. The van der Waals surface area contributed by atoms with E-state index in [1.54, 1.807) is 0 Å². The van der Waals surface area contributed by atoms with Crippen LogP contribution in [0.15, 0.2) is 21.4 Å². The largest absolute Gasteiger partial charge is 0.381 e. The van der Waals surface area contributed by atoms with E-state index >= 15 is 0 Å². The molecule has 0 bridgehead atoms. The lowest BCUT2D eigenvalue weighted by Crippen LogP contribution is -2.18. The molecule has 1 heterocycles. The van der Waals surface area contributed by atoms with Gasteiger partial charge in [-0.1, -0.05) is 19.8 Å². The third kappa shape index (κ3) is 2.92. The summed E-state index contributed by atoms with van der Waals surface area (Å²) in [5.74, 6) is 0.841. The number of anilines is 1. The molecular formula is C15H20BrN3O. The Morgan fingerprint density at radius 1 is 1.15 bits per heavy atom. The van der Waals surface area contributed by atoms with E-state index in [1.807, 2.05) is 12.1 Å². The molecule has 3 N–H and O–H groups in total. The second kappa shape index (κ2) is 5.64. The molecule has 1 aromatic carbocycles. The second-order valence-corrected chi connectivity index (χ2v) is 6.77. The molecular weight excluding hydrogens is 318 g/mol. The number of benzene rings is 1. The summed E-state index contributed by atoms with van der Waals surface area (Å²) < 4.78 is 0.998. The first-order valence-corrected chi connectivity index (χ1v) is 8.09. The van der Waals surface area contributed by atoms with Crippen LogP contribution in [0.2, 0.25) is 0 Å². The topological polar surface area (TPSA) is 60.7 Å². The summed E-state index contributed by atoms with van der Waals surface area (Å²) in [5, 5.41) is 3.63. The van der Waals surface area contributed by atoms with E-state index < -0.39 is 0 Å². The van der Waals surface area contributed by atoms with Crippen LogP contribution in [0, 0.1) is 5.92 Å². The SMILES string of the molecule is CC1CCCC(Nc2cc3[nH]c(=O)[nH]c3cc2Br)CC1. The van der Waals surface area contributed by atoms with Gasteiger partial charge in [0, 0.05) is 10.5 Å². The van der Waals surface area contributed by atoms with Gasteiger partial charge in [-0.05, 0) is 53.2 Å². The molecule has 0 saturated heterocycles. The lowest BCUT2D eigenvalue weighted by molar-refractivity contribution is 0.502. The Morgan fingerprint density at radius 2 is 1.90 bits per heavy atom. The van der Waals surface area contributed by atoms with Gasteiger partial charge in [0.2, 0.25) is 0 Å². The Bertz CT molecular complexity index is 661. The zero-order valence-corrected chi connectivity index (χ0v) is 13.2. The van der Waals surface area contributed by atoms with Crippen LogP contribution in [0.3, 0.4) is 0 Å². The van der Waals surface area contributed by atoms with E-state index in [0.717, 1.165) is 27.1 Å². The van der Waals surface area contributed by atoms with Gasteiger partial charge in [0.25, 0.3) is 0 Å². The molecule has 5 heteroatoms. The predicted octanol–water partition coefficient (Wildman–Crippen LogP) is 4.00. The van der Waals surface area contributed by atoms with Gasteiger partial charge in [-0.15, -0.1) is 0 Å². The molecule has 2 unspecified atom stereocenters. The number of aromatic amines is 2. The number of imidazole rings is 1. The highest BCUT2D eigenvalue weighted by molar-refractivity contribution is 9.10. The number of halogens is 1. The van der Waals surface area contributed by atoms with E-state index in [-0.39, 0.29) is 5.69 Å². The smallest absolute Gasteiger partial charge is 0.323 e. The molecule has 2 atom stereocenters. The van der Waals surface area contributed by atoms with Crippen LogP contribution < -0.4 is 11.0 Å². The lowest BCUT2D eigenvalue weighted by Gasteiger charge is -2.19. The van der Waals surface area contributed by atoms with Crippen LogP contribution in [0.1, 0.15) is 39.0 Å². The molecule has 1 aliphatic rings. The quantitative estimate of drug-likeness (QED) is 0.725. The summed E-state index contributed by atoms with van der Waals surface area (Å²) >= 11 is 3.59. The Kier molecular flexibility index (Phi) is 3.87. The van der Waals surface area contributed by atoms with Gasteiger partial charge in [0.15, 0.2) is 0 Å². The Hall–Kier alpha value is -1.23. The van der Waals surface area contributed by atoms with E-state index in [0.29, 0.717) is 6.04 Å². The number of hydrogen-bond acceptors (Lipinski definition) is 2. The number of rotatable bonds is 2. The summed E-state index contributed by atoms with van der Waals surface area (Å²) in [6.07, 6.45) is 6.36. The van der Waals surface area contributed by atoms with Gasteiger partial charge in [0.1, 0.15) is 0 Å². The average molecular weight is 338 g/mol. The third-order valence-corrected chi connectivity index (χ3v) is 4.88. The van der Waals surface area contributed by atoms with E-state index in [9.17, 15) is 4.79 Å². The van der Waals surface area contributed by atoms with E-state index in [2.05, 4.69) is 38.1 Å². The van der Waals surface area contributed by atoms with Crippen molar-refractivity contribution >= 4 is 32.7 Å². The molecule has 108 valence electrons. The van der Waals surface area contributed by atoms with Gasteiger partial charge in [-0.3, -0.25) is 0 Å². The number of aromatic nitrogens is 2. The van der Waals surface area contributed by atoms with Gasteiger partial charge in [0.05, 0.1) is 16.7 Å². The number of nitrogens with one attached hydrogen (secondary N) is 3. The summed E-state index contributed by atoms with van der Waals surface area (Å²) in [6.45, 7) is 2.34. The average Bonchev–Trinajstić information content (AvgIpc) is 2.61. The summed E-state index contributed by atoms with van der Waals surface area (Å²) in [7, 11) is 0. The van der Waals surface area contributed by atoms with Crippen molar-refractivity contribution in [3.8, 4) is 0 Å². The van der Waals surface area contributed by atoms with Gasteiger partial charge < -0.3 is 15.3 Å². The van der Waals surface area contributed by atoms with Crippen LogP contribution in [0.5, 0.6) is 0 Å². The molecule has 0 spiro atoms. The zero-order valence-electron chi connectivity index (χ0n) is 11.6. The fourth-order valence-electron chi connectivity index (χ4n) is 3.02. The zero-order chi connectivity index (χ0) is 14.1. The number of hydrogen-bond donors (Lipinski definition) is 3. The van der Waals surface area contributed by atoms with Gasteiger partial charge in [-0.2, -0.15) is 0 Å². The first-order valence-electron chi connectivity index (χ1n) is 7.30. The van der Waals surface area contributed by atoms with Crippen LogP contribution in [0.25, 0.3) is 11.0 Å². The summed E-state index contributed by atoms with van der Waals surface area (Å²) in [4.78, 5) is 16.9. The standard InChI is InChI=1S/C15H20BrN3O/c1-9-3-2-4-10(6-5-9)17-12-8-14-13(7-11(12)16)18-15(20)19-14/h7-10,17H,2-6H2,1H3,(H2,18,19,20). The highest BCUT2D eigenvalue weighted by Gasteiger charge is 2.17. The molecule has 4 nitrogen and oxygen atoms in total. The lowest BCUT2D eigenvalue weighted by atomic mass is 10.0. The van der Waals surface area contributed by atoms with Crippen molar-refractivity contribution in [2.24, 2.45) is 5.92 Å². The predicted molar refractivity (Wildman–Crippen MR) is 86.3 cm³/mol. The van der Waals surface area contributed by atoms with Crippen LogP contribution in [-0.4, -0.2) is 16.0 Å². The molecule has 1 aromatic heterocycles.